The van der Waals surface area contributed by atoms with Gasteiger partial charge in [0.25, 0.3) is 0 Å². The van der Waals surface area contributed by atoms with E-state index in [4.69, 9.17) is 9.84 Å². The number of halogens is 1. The molecule has 17 heavy (non-hydrogen) atoms. The lowest BCUT2D eigenvalue weighted by Gasteiger charge is -2.19. The van der Waals surface area contributed by atoms with Crippen LogP contribution in [0.3, 0.4) is 0 Å². The van der Waals surface area contributed by atoms with Crippen LogP contribution in [0, 0.1) is 5.82 Å². The maximum absolute atomic E-state index is 12.6. The summed E-state index contributed by atoms with van der Waals surface area (Å²) in [5.74, 6) is 0.375. The van der Waals surface area contributed by atoms with Crippen molar-refractivity contribution in [2.24, 2.45) is 0 Å². The van der Waals surface area contributed by atoms with Crippen LogP contribution in [0.2, 0.25) is 0 Å². The Balaban J connectivity index is 2.29. The van der Waals surface area contributed by atoms with Gasteiger partial charge in [-0.15, -0.1) is 6.58 Å². The molecule has 0 saturated carbocycles. The molecule has 1 aromatic carbocycles. The van der Waals surface area contributed by atoms with Gasteiger partial charge < -0.3 is 9.84 Å². The van der Waals surface area contributed by atoms with Gasteiger partial charge >= 0.3 is 0 Å². The Hall–Kier alpha value is -1.39. The van der Waals surface area contributed by atoms with E-state index in [2.05, 4.69) is 6.58 Å². The van der Waals surface area contributed by atoms with Crippen LogP contribution in [0.1, 0.15) is 0 Å². The molecule has 0 saturated heterocycles. The Morgan fingerprint density at radius 3 is 2.59 bits per heavy atom. The molecule has 0 aliphatic heterocycles. The predicted molar refractivity (Wildman–Crippen MR) is 65.6 cm³/mol. The van der Waals surface area contributed by atoms with E-state index in [1.807, 2.05) is 4.90 Å². The van der Waals surface area contributed by atoms with Crippen molar-refractivity contribution in [3.05, 3.63) is 42.7 Å². The van der Waals surface area contributed by atoms with Gasteiger partial charge in [-0.05, 0) is 24.3 Å². The number of aliphatic hydroxyl groups excluding tert-OH is 1. The molecule has 0 bridgehead atoms. The van der Waals surface area contributed by atoms with Gasteiger partial charge in [0.05, 0.1) is 6.61 Å². The van der Waals surface area contributed by atoms with Crippen molar-refractivity contribution in [3.63, 3.8) is 0 Å². The molecule has 94 valence electrons. The molecule has 0 unspecified atom stereocenters. The van der Waals surface area contributed by atoms with Gasteiger partial charge in [0.15, 0.2) is 0 Å². The molecule has 0 heterocycles. The Kier molecular flexibility index (Phi) is 6.29. The van der Waals surface area contributed by atoms with Gasteiger partial charge in [-0.2, -0.15) is 0 Å². The fraction of sp³-hybridized carbons (Fsp3) is 0.385. The van der Waals surface area contributed by atoms with Crippen molar-refractivity contribution in [1.29, 1.82) is 0 Å². The highest BCUT2D eigenvalue weighted by Gasteiger charge is 2.02. The molecule has 1 aromatic rings. The van der Waals surface area contributed by atoms with Crippen molar-refractivity contribution in [1.82, 2.24) is 4.90 Å². The third-order valence-corrected chi connectivity index (χ3v) is 2.29. The van der Waals surface area contributed by atoms with E-state index in [-0.39, 0.29) is 12.4 Å². The first kappa shape index (κ1) is 13.7. The number of nitrogens with zero attached hydrogens (tertiary/aromatic N) is 1. The predicted octanol–water partition coefficient (Wildman–Crippen LogP) is 1.68. The van der Waals surface area contributed by atoms with E-state index < -0.39 is 0 Å². The van der Waals surface area contributed by atoms with Crippen LogP contribution in [0.25, 0.3) is 0 Å². The highest BCUT2D eigenvalue weighted by Crippen LogP contribution is 2.10. The fourth-order valence-electron chi connectivity index (χ4n) is 1.44. The van der Waals surface area contributed by atoms with Crippen LogP contribution < -0.4 is 4.74 Å². The van der Waals surface area contributed by atoms with Gasteiger partial charge in [0, 0.05) is 19.6 Å². The minimum Gasteiger partial charge on any atom is -0.492 e. The Labute approximate surface area is 101 Å². The SMILES string of the molecule is C=CCN(CCO)CCOc1ccc(F)cc1. The maximum Gasteiger partial charge on any atom is 0.123 e. The topological polar surface area (TPSA) is 32.7 Å². The summed E-state index contributed by atoms with van der Waals surface area (Å²) in [5, 5.41) is 8.85. The minimum absolute atomic E-state index is 0.115. The number of ether oxygens (including phenoxy) is 1. The summed E-state index contributed by atoms with van der Waals surface area (Å²) in [6.07, 6.45) is 1.79. The molecule has 0 fully saturated rings. The van der Waals surface area contributed by atoms with E-state index in [9.17, 15) is 4.39 Å². The van der Waals surface area contributed by atoms with Crippen molar-refractivity contribution in [2.75, 3.05) is 32.8 Å². The second-order valence-corrected chi connectivity index (χ2v) is 3.62. The zero-order valence-electron chi connectivity index (χ0n) is 9.81. The quantitative estimate of drug-likeness (QED) is 0.701. The first-order valence-electron chi connectivity index (χ1n) is 5.58. The van der Waals surface area contributed by atoms with Crippen LogP contribution in [0.5, 0.6) is 5.75 Å². The van der Waals surface area contributed by atoms with Crippen LogP contribution in [0.15, 0.2) is 36.9 Å². The molecular formula is C13H18FNO2. The summed E-state index contributed by atoms with van der Waals surface area (Å²) in [7, 11) is 0. The third-order valence-electron chi connectivity index (χ3n) is 2.29. The highest BCUT2D eigenvalue weighted by molar-refractivity contribution is 5.21. The van der Waals surface area contributed by atoms with Crippen molar-refractivity contribution >= 4 is 0 Å². The van der Waals surface area contributed by atoms with E-state index in [0.717, 1.165) is 0 Å². The molecule has 0 aromatic heterocycles. The molecule has 1 N–H and O–H groups in total. The molecule has 4 heteroatoms. The number of hydrogen-bond donors (Lipinski definition) is 1. The van der Waals surface area contributed by atoms with Gasteiger partial charge in [-0.1, -0.05) is 6.08 Å². The zero-order chi connectivity index (χ0) is 12.5. The Bertz CT molecular complexity index is 327. The average molecular weight is 239 g/mol. The van der Waals surface area contributed by atoms with Gasteiger partial charge in [-0.25, -0.2) is 4.39 Å². The number of rotatable bonds is 8. The Morgan fingerprint density at radius 1 is 1.29 bits per heavy atom. The molecule has 0 atom stereocenters. The minimum atomic E-state index is -0.272. The summed E-state index contributed by atoms with van der Waals surface area (Å²) < 4.78 is 18.1. The molecule has 0 aliphatic rings. The molecule has 1 rings (SSSR count). The first-order chi connectivity index (χ1) is 8.26. The number of benzene rings is 1. The number of aliphatic hydroxyl groups is 1. The van der Waals surface area contributed by atoms with E-state index in [1.165, 1.54) is 12.1 Å². The second-order valence-electron chi connectivity index (χ2n) is 3.62. The summed E-state index contributed by atoms with van der Waals surface area (Å²) in [4.78, 5) is 2.02. The number of hydrogen-bond acceptors (Lipinski definition) is 3. The molecule has 0 aliphatic carbocycles. The third kappa shape index (κ3) is 5.47. The van der Waals surface area contributed by atoms with Crippen molar-refractivity contribution in [3.8, 4) is 5.75 Å². The largest absolute Gasteiger partial charge is 0.492 e. The normalized spacial score (nSPS) is 10.5. The highest BCUT2D eigenvalue weighted by atomic mass is 19.1. The monoisotopic (exact) mass is 239 g/mol. The van der Waals surface area contributed by atoms with Gasteiger partial charge in [0.2, 0.25) is 0 Å². The summed E-state index contributed by atoms with van der Waals surface area (Å²) in [5.41, 5.74) is 0. The molecular weight excluding hydrogens is 221 g/mol. The molecule has 0 amide bonds. The van der Waals surface area contributed by atoms with E-state index in [0.29, 0.717) is 32.0 Å². The van der Waals surface area contributed by atoms with Crippen molar-refractivity contribution in [2.45, 2.75) is 0 Å². The van der Waals surface area contributed by atoms with Gasteiger partial charge in [0.1, 0.15) is 18.2 Å². The summed E-state index contributed by atoms with van der Waals surface area (Å²) in [6, 6.07) is 5.92. The standard InChI is InChI=1S/C13H18FNO2/c1-2-7-15(8-10-16)9-11-17-13-5-3-12(14)4-6-13/h2-6,16H,1,7-11H2. The lowest BCUT2D eigenvalue weighted by atomic mass is 10.3. The summed E-state index contributed by atoms with van der Waals surface area (Å²) in [6.45, 7) is 6.28. The average Bonchev–Trinajstić information content (AvgIpc) is 2.32. The van der Waals surface area contributed by atoms with E-state index in [1.54, 1.807) is 18.2 Å². The van der Waals surface area contributed by atoms with Crippen molar-refractivity contribution < 1.29 is 14.2 Å². The van der Waals surface area contributed by atoms with Crippen LogP contribution in [-0.4, -0.2) is 42.9 Å². The smallest absolute Gasteiger partial charge is 0.123 e. The van der Waals surface area contributed by atoms with E-state index >= 15 is 0 Å². The van der Waals surface area contributed by atoms with Crippen LogP contribution in [-0.2, 0) is 0 Å². The maximum atomic E-state index is 12.6. The summed E-state index contributed by atoms with van der Waals surface area (Å²) >= 11 is 0. The lowest BCUT2D eigenvalue weighted by Crippen LogP contribution is -2.31. The van der Waals surface area contributed by atoms with Crippen LogP contribution in [0.4, 0.5) is 4.39 Å². The lowest BCUT2D eigenvalue weighted by molar-refractivity contribution is 0.180. The molecule has 0 spiro atoms. The van der Waals surface area contributed by atoms with Crippen LogP contribution >= 0.6 is 0 Å². The molecule has 0 radical (unpaired) electrons. The fourth-order valence-corrected chi connectivity index (χ4v) is 1.44. The second kappa shape index (κ2) is 7.81. The molecule has 3 nitrogen and oxygen atoms in total. The zero-order valence-corrected chi connectivity index (χ0v) is 9.81. The first-order valence-corrected chi connectivity index (χ1v) is 5.58. The Morgan fingerprint density at radius 2 is 2.00 bits per heavy atom. The van der Waals surface area contributed by atoms with Gasteiger partial charge in [-0.3, -0.25) is 4.90 Å².